The minimum absolute atomic E-state index is 0.0815. The molecule has 0 atom stereocenters. The monoisotopic (exact) mass is 299 g/mol. The van der Waals surface area contributed by atoms with Gasteiger partial charge in [-0.2, -0.15) is 5.21 Å². The second-order valence-corrected chi connectivity index (χ2v) is 3.82. The van der Waals surface area contributed by atoms with Crippen molar-refractivity contribution in [2.45, 2.75) is 6.54 Å². The van der Waals surface area contributed by atoms with Crippen molar-refractivity contribution in [3.63, 3.8) is 0 Å². The molecule has 88 valence electrons. The van der Waals surface area contributed by atoms with Gasteiger partial charge < -0.3 is 5.32 Å². The van der Waals surface area contributed by atoms with E-state index < -0.39 is 4.92 Å². The van der Waals surface area contributed by atoms with Crippen LogP contribution in [-0.4, -0.2) is 30.5 Å². The maximum Gasteiger partial charge on any atom is 0.288 e. The molecule has 0 bridgehead atoms. The number of aromatic nitrogens is 5. The number of nitro groups is 1. The molecule has 0 aliphatic rings. The third-order valence-electron chi connectivity index (χ3n) is 1.84. The van der Waals surface area contributed by atoms with Crippen LogP contribution in [0, 0.1) is 10.1 Å². The summed E-state index contributed by atoms with van der Waals surface area (Å²) in [5, 5.41) is 26.6. The van der Waals surface area contributed by atoms with Crippen LogP contribution in [0.15, 0.2) is 16.7 Å². The molecular weight excluding hydrogens is 294 g/mol. The summed E-state index contributed by atoms with van der Waals surface area (Å²) < 4.78 is 0.496. The highest BCUT2D eigenvalue weighted by Crippen LogP contribution is 2.24. The second kappa shape index (κ2) is 4.82. The predicted octanol–water partition coefficient (Wildman–Crippen LogP) is 0.877. The number of nitrogens with one attached hydrogen (secondary N) is 2. The number of hydrogen-bond donors (Lipinski definition) is 2. The van der Waals surface area contributed by atoms with Gasteiger partial charge in [0.15, 0.2) is 5.82 Å². The first-order chi connectivity index (χ1) is 8.16. The first kappa shape index (κ1) is 11.4. The van der Waals surface area contributed by atoms with E-state index in [1.807, 2.05) is 0 Å². The summed E-state index contributed by atoms with van der Waals surface area (Å²) in [5.74, 6) is 0.942. The Kier molecular flexibility index (Phi) is 3.23. The Morgan fingerprint density at radius 3 is 3.00 bits per heavy atom. The van der Waals surface area contributed by atoms with Crippen LogP contribution in [0.5, 0.6) is 0 Å². The normalized spacial score (nSPS) is 10.2. The Morgan fingerprint density at radius 2 is 2.41 bits per heavy atom. The molecule has 0 aromatic carbocycles. The molecule has 2 aromatic rings. The highest BCUT2D eigenvalue weighted by Gasteiger charge is 2.10. The molecular formula is C7H6BrN7O2. The number of rotatable bonds is 4. The van der Waals surface area contributed by atoms with Crippen LogP contribution >= 0.6 is 15.9 Å². The van der Waals surface area contributed by atoms with E-state index in [-0.39, 0.29) is 5.69 Å². The smallest absolute Gasteiger partial charge is 0.288 e. The fraction of sp³-hybridized carbons (Fsp3) is 0.143. The van der Waals surface area contributed by atoms with E-state index in [0.717, 1.165) is 0 Å². The minimum atomic E-state index is -0.513. The SMILES string of the molecule is O=[N+]([O-])c1cnc(NCc2nn[nH]n2)c(Br)c1. The van der Waals surface area contributed by atoms with Crippen LogP contribution in [0.3, 0.4) is 0 Å². The van der Waals surface area contributed by atoms with Gasteiger partial charge in [0.05, 0.1) is 15.9 Å². The molecule has 10 heteroatoms. The van der Waals surface area contributed by atoms with Gasteiger partial charge >= 0.3 is 0 Å². The third-order valence-corrected chi connectivity index (χ3v) is 2.45. The maximum absolute atomic E-state index is 10.5. The molecule has 0 saturated carbocycles. The number of tetrazole rings is 1. The summed E-state index contributed by atoms with van der Waals surface area (Å²) in [6.07, 6.45) is 1.17. The molecule has 0 amide bonds. The van der Waals surface area contributed by atoms with Crippen molar-refractivity contribution in [2.24, 2.45) is 0 Å². The lowest BCUT2D eigenvalue weighted by Gasteiger charge is -2.04. The summed E-state index contributed by atoms with van der Waals surface area (Å²) in [6, 6.07) is 1.37. The zero-order valence-corrected chi connectivity index (χ0v) is 9.88. The zero-order chi connectivity index (χ0) is 12.3. The minimum Gasteiger partial charge on any atom is -0.362 e. The van der Waals surface area contributed by atoms with E-state index in [1.54, 1.807) is 0 Å². The molecule has 0 unspecified atom stereocenters. The molecule has 9 nitrogen and oxygen atoms in total. The molecule has 2 N–H and O–H groups in total. The van der Waals surface area contributed by atoms with Crippen molar-refractivity contribution in [3.8, 4) is 0 Å². The number of hydrogen-bond acceptors (Lipinski definition) is 7. The van der Waals surface area contributed by atoms with Gasteiger partial charge in [-0.05, 0) is 15.9 Å². The van der Waals surface area contributed by atoms with Crippen LogP contribution in [0.25, 0.3) is 0 Å². The quantitative estimate of drug-likeness (QED) is 0.634. The maximum atomic E-state index is 10.5. The average Bonchev–Trinajstić information content (AvgIpc) is 2.80. The van der Waals surface area contributed by atoms with Crippen LogP contribution in [-0.2, 0) is 6.54 Å². The number of anilines is 1. The summed E-state index contributed by atoms with van der Waals surface area (Å²) in [5.41, 5.74) is -0.0815. The summed E-state index contributed by atoms with van der Waals surface area (Å²) in [6.45, 7) is 0.319. The van der Waals surface area contributed by atoms with E-state index in [2.05, 4.69) is 46.9 Å². The highest BCUT2D eigenvalue weighted by atomic mass is 79.9. The number of nitrogens with zero attached hydrogens (tertiary/aromatic N) is 5. The van der Waals surface area contributed by atoms with Gasteiger partial charge in [-0.25, -0.2) is 4.98 Å². The van der Waals surface area contributed by atoms with Gasteiger partial charge in [-0.1, -0.05) is 5.21 Å². The number of halogens is 1. The molecule has 0 fully saturated rings. The first-order valence-corrected chi connectivity index (χ1v) is 5.22. The van der Waals surface area contributed by atoms with Crippen molar-refractivity contribution in [1.82, 2.24) is 25.6 Å². The molecule has 0 aliphatic heterocycles. The van der Waals surface area contributed by atoms with Gasteiger partial charge in [0.1, 0.15) is 12.0 Å². The Labute approximate surface area is 103 Å². The Morgan fingerprint density at radius 1 is 1.59 bits per heavy atom. The standard InChI is InChI=1S/C7H6BrN7O2/c8-5-1-4(15(16)17)2-9-7(5)10-3-6-11-13-14-12-6/h1-2H,3H2,(H,9,10)(H,11,12,13,14). The molecule has 17 heavy (non-hydrogen) atoms. The lowest BCUT2D eigenvalue weighted by molar-refractivity contribution is -0.385. The van der Waals surface area contributed by atoms with Gasteiger partial charge in [-0.15, -0.1) is 10.2 Å². The fourth-order valence-corrected chi connectivity index (χ4v) is 1.56. The Hall–Kier alpha value is -2.10. The molecule has 0 aliphatic carbocycles. The molecule has 0 spiro atoms. The summed E-state index contributed by atoms with van der Waals surface area (Å²) >= 11 is 3.19. The molecule has 2 heterocycles. The van der Waals surface area contributed by atoms with E-state index in [4.69, 9.17) is 0 Å². The summed E-state index contributed by atoms with van der Waals surface area (Å²) in [4.78, 5) is 13.9. The lowest BCUT2D eigenvalue weighted by atomic mass is 10.4. The van der Waals surface area contributed by atoms with Gasteiger partial charge in [0, 0.05) is 6.07 Å². The van der Waals surface area contributed by atoms with E-state index >= 15 is 0 Å². The molecule has 0 saturated heterocycles. The van der Waals surface area contributed by atoms with E-state index in [9.17, 15) is 10.1 Å². The Balaban J connectivity index is 2.09. The van der Waals surface area contributed by atoms with Crippen molar-refractivity contribution < 1.29 is 4.92 Å². The van der Waals surface area contributed by atoms with E-state index in [0.29, 0.717) is 22.7 Å². The van der Waals surface area contributed by atoms with Gasteiger partial charge in [0.2, 0.25) is 0 Å². The van der Waals surface area contributed by atoms with Crippen molar-refractivity contribution in [3.05, 3.63) is 32.7 Å². The van der Waals surface area contributed by atoms with Gasteiger partial charge in [-0.3, -0.25) is 10.1 Å². The predicted molar refractivity (Wildman–Crippen MR) is 60.1 cm³/mol. The largest absolute Gasteiger partial charge is 0.362 e. The number of aromatic amines is 1. The zero-order valence-electron chi connectivity index (χ0n) is 8.29. The van der Waals surface area contributed by atoms with Crippen LogP contribution < -0.4 is 5.32 Å². The number of pyridine rings is 1. The van der Waals surface area contributed by atoms with Crippen LogP contribution in [0.4, 0.5) is 11.5 Å². The van der Waals surface area contributed by atoms with Crippen molar-refractivity contribution in [1.29, 1.82) is 0 Å². The second-order valence-electron chi connectivity index (χ2n) is 2.96. The summed E-state index contributed by atoms with van der Waals surface area (Å²) in [7, 11) is 0. The van der Waals surface area contributed by atoms with E-state index in [1.165, 1.54) is 12.3 Å². The Bertz CT molecular complexity index is 529. The average molecular weight is 300 g/mol. The number of H-pyrrole nitrogens is 1. The van der Waals surface area contributed by atoms with Crippen LogP contribution in [0.2, 0.25) is 0 Å². The third kappa shape index (κ3) is 2.72. The van der Waals surface area contributed by atoms with Crippen molar-refractivity contribution in [2.75, 3.05) is 5.32 Å². The topological polar surface area (TPSA) is 123 Å². The van der Waals surface area contributed by atoms with Gasteiger partial charge in [0.25, 0.3) is 5.69 Å². The molecule has 2 aromatic heterocycles. The van der Waals surface area contributed by atoms with Crippen molar-refractivity contribution >= 4 is 27.4 Å². The fourth-order valence-electron chi connectivity index (χ4n) is 1.08. The highest BCUT2D eigenvalue weighted by molar-refractivity contribution is 9.10. The molecule has 2 rings (SSSR count). The lowest BCUT2D eigenvalue weighted by Crippen LogP contribution is -2.04. The molecule has 0 radical (unpaired) electrons. The van der Waals surface area contributed by atoms with Crippen LogP contribution in [0.1, 0.15) is 5.82 Å². The first-order valence-electron chi connectivity index (χ1n) is 4.43.